The van der Waals surface area contributed by atoms with E-state index in [2.05, 4.69) is 5.32 Å². The smallest absolute Gasteiger partial charge is 0.305 e. The van der Waals surface area contributed by atoms with E-state index in [-0.39, 0.29) is 5.97 Å². The molecule has 2 aliphatic heterocycles. The summed E-state index contributed by atoms with van der Waals surface area (Å²) in [6, 6.07) is 0. The van der Waals surface area contributed by atoms with Gasteiger partial charge in [0.2, 0.25) is 0 Å². The van der Waals surface area contributed by atoms with E-state index in [9.17, 15) is 4.79 Å². The highest BCUT2D eigenvalue weighted by molar-refractivity contribution is 5.69. The van der Waals surface area contributed by atoms with E-state index in [1.165, 1.54) is 13.1 Å². The largest absolute Gasteiger partial charge is 0.466 e. The molecule has 0 aliphatic carbocycles. The first-order valence-corrected chi connectivity index (χ1v) is 4.26. The number of ether oxygens (including phenoxy) is 1. The molecule has 0 amide bonds. The minimum absolute atomic E-state index is 0.0255. The van der Waals surface area contributed by atoms with E-state index < -0.39 is 0 Å². The number of hydrogen-bond acceptors (Lipinski definition) is 3. The van der Waals surface area contributed by atoms with E-state index in [0.717, 1.165) is 19.3 Å². The van der Waals surface area contributed by atoms with Crippen LogP contribution in [-0.4, -0.2) is 25.7 Å². The molecule has 0 spiro atoms. The number of carbonyl (C=O) groups excluding carboxylic acids is 1. The quantitative estimate of drug-likeness (QED) is 0.416. The second kappa shape index (κ2) is 5.13. The Bertz CT molecular complexity index is 111. The molecule has 0 radical (unpaired) electrons. The van der Waals surface area contributed by atoms with E-state index in [1.54, 1.807) is 0 Å². The van der Waals surface area contributed by atoms with Gasteiger partial charge in [-0.25, -0.2) is 0 Å². The molecular weight excluding hydrogens is 142 g/mol. The number of rotatable bonds is 0. The minimum Gasteiger partial charge on any atom is -0.466 e. The predicted octanol–water partition coefficient (Wildman–Crippen LogP) is 0.693. The van der Waals surface area contributed by atoms with E-state index in [1.807, 2.05) is 0 Å². The molecule has 2 fully saturated rings. The Labute approximate surface area is 67.1 Å². The molecule has 0 aromatic carbocycles. The van der Waals surface area contributed by atoms with Crippen LogP contribution in [0.2, 0.25) is 0 Å². The lowest BCUT2D eigenvalue weighted by Crippen LogP contribution is -2.00. The molecule has 2 rings (SSSR count). The summed E-state index contributed by atoms with van der Waals surface area (Å²) in [5.41, 5.74) is 0. The molecular formula is C8H15NO2. The number of nitrogens with one attached hydrogen (secondary N) is 1. The maximum atomic E-state index is 10.5. The Morgan fingerprint density at radius 2 is 1.91 bits per heavy atom. The Morgan fingerprint density at radius 3 is 2.55 bits per heavy atom. The van der Waals surface area contributed by atoms with Gasteiger partial charge in [0.1, 0.15) is 0 Å². The van der Waals surface area contributed by atoms with Crippen molar-refractivity contribution in [2.75, 3.05) is 19.7 Å². The SMILES string of the molecule is C1CN1.O=C1CCCCCO1. The summed E-state index contributed by atoms with van der Waals surface area (Å²) in [5.74, 6) is -0.0255. The molecule has 2 saturated heterocycles. The van der Waals surface area contributed by atoms with Crippen LogP contribution in [0.25, 0.3) is 0 Å². The van der Waals surface area contributed by atoms with Gasteiger partial charge in [-0.05, 0) is 19.3 Å². The molecule has 0 saturated carbocycles. The fourth-order valence-corrected chi connectivity index (χ4v) is 0.806. The number of esters is 1. The third-order valence-corrected chi connectivity index (χ3v) is 1.54. The average molecular weight is 157 g/mol. The van der Waals surface area contributed by atoms with Crippen LogP contribution in [0.4, 0.5) is 0 Å². The molecule has 0 bridgehead atoms. The molecule has 64 valence electrons. The van der Waals surface area contributed by atoms with Gasteiger partial charge in [0.05, 0.1) is 6.61 Å². The monoisotopic (exact) mass is 157 g/mol. The van der Waals surface area contributed by atoms with Crippen LogP contribution in [0.5, 0.6) is 0 Å². The highest BCUT2D eigenvalue weighted by atomic mass is 16.5. The van der Waals surface area contributed by atoms with Crippen LogP contribution in [0.3, 0.4) is 0 Å². The van der Waals surface area contributed by atoms with Crippen LogP contribution >= 0.6 is 0 Å². The van der Waals surface area contributed by atoms with Crippen LogP contribution in [0, 0.1) is 0 Å². The summed E-state index contributed by atoms with van der Waals surface area (Å²) < 4.78 is 4.76. The second-order valence-electron chi connectivity index (χ2n) is 2.78. The average Bonchev–Trinajstić information content (AvgIpc) is 2.76. The van der Waals surface area contributed by atoms with Gasteiger partial charge in [-0.3, -0.25) is 4.79 Å². The Balaban J connectivity index is 0.000000167. The maximum absolute atomic E-state index is 10.5. The summed E-state index contributed by atoms with van der Waals surface area (Å²) in [6.45, 7) is 3.14. The van der Waals surface area contributed by atoms with E-state index >= 15 is 0 Å². The standard InChI is InChI=1S/C6H10O2.C2H5N/c7-6-4-2-1-3-5-8-6;1-2-3-1/h1-5H2;3H,1-2H2. The summed E-state index contributed by atoms with van der Waals surface area (Å²) in [7, 11) is 0. The maximum Gasteiger partial charge on any atom is 0.305 e. The zero-order chi connectivity index (χ0) is 7.94. The lowest BCUT2D eigenvalue weighted by Gasteiger charge is -1.93. The molecule has 2 heterocycles. The Hall–Kier alpha value is -0.570. The zero-order valence-corrected chi connectivity index (χ0v) is 6.77. The van der Waals surface area contributed by atoms with Crippen molar-refractivity contribution < 1.29 is 9.53 Å². The van der Waals surface area contributed by atoms with Gasteiger partial charge in [-0.15, -0.1) is 0 Å². The normalized spacial score (nSPS) is 22.4. The number of hydrogen-bond donors (Lipinski definition) is 1. The van der Waals surface area contributed by atoms with Gasteiger partial charge in [-0.1, -0.05) is 0 Å². The van der Waals surface area contributed by atoms with E-state index in [0.29, 0.717) is 13.0 Å². The van der Waals surface area contributed by atoms with Gasteiger partial charge in [0.25, 0.3) is 0 Å². The van der Waals surface area contributed by atoms with Gasteiger partial charge < -0.3 is 10.1 Å². The Kier molecular flexibility index (Phi) is 3.98. The molecule has 0 aromatic rings. The van der Waals surface area contributed by atoms with Crippen LogP contribution in [0.1, 0.15) is 25.7 Å². The first-order valence-electron chi connectivity index (χ1n) is 4.26. The van der Waals surface area contributed by atoms with Crippen molar-refractivity contribution in [3.8, 4) is 0 Å². The number of carbonyl (C=O) groups is 1. The molecule has 1 N–H and O–H groups in total. The lowest BCUT2D eigenvalue weighted by atomic mass is 10.2. The zero-order valence-electron chi connectivity index (χ0n) is 6.77. The van der Waals surface area contributed by atoms with Gasteiger partial charge in [0, 0.05) is 19.5 Å². The summed E-state index contributed by atoms with van der Waals surface area (Å²) >= 11 is 0. The van der Waals surface area contributed by atoms with E-state index in [4.69, 9.17) is 4.74 Å². The highest BCUT2D eigenvalue weighted by Crippen LogP contribution is 2.06. The molecule has 11 heavy (non-hydrogen) atoms. The highest BCUT2D eigenvalue weighted by Gasteiger charge is 2.05. The molecule has 0 atom stereocenters. The third-order valence-electron chi connectivity index (χ3n) is 1.54. The molecule has 0 aromatic heterocycles. The van der Waals surface area contributed by atoms with Crippen molar-refractivity contribution in [3.05, 3.63) is 0 Å². The van der Waals surface area contributed by atoms with Crippen molar-refractivity contribution in [1.82, 2.24) is 5.32 Å². The molecule has 3 heteroatoms. The summed E-state index contributed by atoms with van der Waals surface area (Å²) in [6.07, 6.45) is 3.83. The van der Waals surface area contributed by atoms with Crippen LogP contribution in [-0.2, 0) is 9.53 Å². The summed E-state index contributed by atoms with van der Waals surface area (Å²) in [4.78, 5) is 10.5. The van der Waals surface area contributed by atoms with Crippen molar-refractivity contribution in [2.45, 2.75) is 25.7 Å². The third kappa shape index (κ3) is 5.85. The summed E-state index contributed by atoms with van der Waals surface area (Å²) in [5, 5.41) is 3.00. The fraction of sp³-hybridized carbons (Fsp3) is 0.875. The molecule has 0 unspecified atom stereocenters. The van der Waals surface area contributed by atoms with Crippen molar-refractivity contribution in [3.63, 3.8) is 0 Å². The predicted molar refractivity (Wildman–Crippen MR) is 42.3 cm³/mol. The fourth-order valence-electron chi connectivity index (χ4n) is 0.806. The lowest BCUT2D eigenvalue weighted by molar-refractivity contribution is -0.142. The van der Waals surface area contributed by atoms with Crippen molar-refractivity contribution >= 4 is 5.97 Å². The van der Waals surface area contributed by atoms with Gasteiger partial charge in [-0.2, -0.15) is 0 Å². The van der Waals surface area contributed by atoms with Gasteiger partial charge in [0.15, 0.2) is 0 Å². The topological polar surface area (TPSA) is 48.2 Å². The molecule has 2 aliphatic rings. The van der Waals surface area contributed by atoms with Gasteiger partial charge >= 0.3 is 5.97 Å². The minimum atomic E-state index is -0.0255. The first kappa shape index (κ1) is 8.53. The first-order chi connectivity index (χ1) is 5.39. The Morgan fingerprint density at radius 1 is 1.18 bits per heavy atom. The second-order valence-corrected chi connectivity index (χ2v) is 2.78. The van der Waals surface area contributed by atoms with Crippen molar-refractivity contribution in [2.24, 2.45) is 0 Å². The van der Waals surface area contributed by atoms with Crippen molar-refractivity contribution in [1.29, 1.82) is 0 Å². The van der Waals surface area contributed by atoms with Crippen LogP contribution < -0.4 is 5.32 Å². The number of cyclic esters (lactones) is 1. The molecule has 3 nitrogen and oxygen atoms in total. The van der Waals surface area contributed by atoms with Crippen LogP contribution in [0.15, 0.2) is 0 Å².